The first-order valence-corrected chi connectivity index (χ1v) is 7.03. The van der Waals surface area contributed by atoms with E-state index in [0.29, 0.717) is 13.2 Å². The van der Waals surface area contributed by atoms with Crippen LogP contribution in [0.25, 0.3) is 0 Å². The number of hydrogen-bond donors (Lipinski definition) is 1. The summed E-state index contributed by atoms with van der Waals surface area (Å²) < 4.78 is 12.5. The molecular formula is C15H18BrNO2. The van der Waals surface area contributed by atoms with E-state index in [0.717, 1.165) is 33.7 Å². The van der Waals surface area contributed by atoms with Crippen LogP contribution in [0.4, 0.5) is 0 Å². The van der Waals surface area contributed by atoms with E-state index < -0.39 is 0 Å². The summed E-state index contributed by atoms with van der Waals surface area (Å²) in [6.45, 7) is 3.89. The van der Waals surface area contributed by atoms with Crippen molar-refractivity contribution in [1.29, 1.82) is 0 Å². The van der Waals surface area contributed by atoms with E-state index in [1.54, 1.807) is 0 Å². The van der Waals surface area contributed by atoms with Gasteiger partial charge in [-0.2, -0.15) is 0 Å². The molecule has 0 fully saturated rings. The first-order valence-electron chi connectivity index (χ1n) is 6.24. The van der Waals surface area contributed by atoms with E-state index in [9.17, 15) is 0 Å². The fourth-order valence-electron chi connectivity index (χ4n) is 1.85. The highest BCUT2D eigenvalue weighted by atomic mass is 79.9. The Morgan fingerprint density at radius 1 is 1.21 bits per heavy atom. The van der Waals surface area contributed by atoms with Crippen LogP contribution in [-0.2, 0) is 24.5 Å². The van der Waals surface area contributed by atoms with Gasteiger partial charge < -0.3 is 14.5 Å². The number of ether oxygens (including phenoxy) is 1. The Bertz CT molecular complexity index is 519. The van der Waals surface area contributed by atoms with Crippen molar-refractivity contribution >= 4 is 15.9 Å². The van der Waals surface area contributed by atoms with Crippen molar-refractivity contribution in [2.24, 2.45) is 0 Å². The Hall–Kier alpha value is -1.10. The smallest absolute Gasteiger partial charge is 0.130 e. The Labute approximate surface area is 122 Å². The maximum Gasteiger partial charge on any atom is 0.130 e. The number of benzene rings is 1. The van der Waals surface area contributed by atoms with Gasteiger partial charge in [0.1, 0.15) is 18.1 Å². The summed E-state index contributed by atoms with van der Waals surface area (Å²) in [7, 11) is 1.91. The fraction of sp³-hybridized carbons (Fsp3) is 0.333. The molecule has 0 aliphatic rings. The number of hydrogen-bond acceptors (Lipinski definition) is 3. The predicted molar refractivity (Wildman–Crippen MR) is 78.8 cm³/mol. The maximum absolute atomic E-state index is 5.72. The second-order valence-electron chi connectivity index (χ2n) is 4.47. The summed E-state index contributed by atoms with van der Waals surface area (Å²) in [6.07, 6.45) is 0. The minimum Gasteiger partial charge on any atom is -0.462 e. The van der Waals surface area contributed by atoms with Gasteiger partial charge >= 0.3 is 0 Å². The third kappa shape index (κ3) is 4.20. The van der Waals surface area contributed by atoms with Crippen LogP contribution in [0, 0.1) is 6.92 Å². The lowest BCUT2D eigenvalue weighted by Crippen LogP contribution is -2.04. The molecule has 0 bridgehead atoms. The first-order chi connectivity index (χ1) is 9.19. The molecular weight excluding hydrogens is 306 g/mol. The zero-order valence-corrected chi connectivity index (χ0v) is 12.8. The Kier molecular flexibility index (Phi) is 5.19. The second kappa shape index (κ2) is 6.89. The summed E-state index contributed by atoms with van der Waals surface area (Å²) in [4.78, 5) is 0. The van der Waals surface area contributed by atoms with Crippen LogP contribution < -0.4 is 5.32 Å². The van der Waals surface area contributed by atoms with Gasteiger partial charge in [-0.05, 0) is 43.3 Å². The normalized spacial score (nSPS) is 10.9. The predicted octanol–water partition coefficient (Wildman–Crippen LogP) is 3.79. The molecule has 0 atom stereocenters. The molecule has 1 N–H and O–H groups in total. The lowest BCUT2D eigenvalue weighted by Gasteiger charge is -2.03. The van der Waals surface area contributed by atoms with Gasteiger partial charge in [0, 0.05) is 4.47 Å². The van der Waals surface area contributed by atoms with Crippen molar-refractivity contribution in [1.82, 2.24) is 5.32 Å². The molecule has 1 heterocycles. The second-order valence-corrected chi connectivity index (χ2v) is 5.38. The summed E-state index contributed by atoms with van der Waals surface area (Å²) in [6, 6.07) is 10.2. The molecule has 1 aromatic heterocycles. The molecule has 0 spiro atoms. The molecule has 0 unspecified atom stereocenters. The van der Waals surface area contributed by atoms with E-state index in [4.69, 9.17) is 9.15 Å². The lowest BCUT2D eigenvalue weighted by molar-refractivity contribution is 0.0920. The fourth-order valence-corrected chi connectivity index (χ4v) is 2.11. The summed E-state index contributed by atoms with van der Waals surface area (Å²) in [5.41, 5.74) is 2.32. The van der Waals surface area contributed by atoms with E-state index in [2.05, 4.69) is 21.2 Å². The van der Waals surface area contributed by atoms with Crippen molar-refractivity contribution < 1.29 is 9.15 Å². The molecule has 102 valence electrons. The zero-order valence-electron chi connectivity index (χ0n) is 11.2. The van der Waals surface area contributed by atoms with Gasteiger partial charge in [0.25, 0.3) is 0 Å². The number of aryl methyl sites for hydroxylation is 1. The van der Waals surface area contributed by atoms with Crippen LogP contribution in [0.3, 0.4) is 0 Å². The van der Waals surface area contributed by atoms with E-state index >= 15 is 0 Å². The standard InChI is InChI=1S/C15H18BrNO2/c1-11-7-14(19-15(11)8-17-2)10-18-9-12-3-5-13(16)6-4-12/h3-7,17H,8-10H2,1-2H3. The number of rotatable bonds is 6. The van der Waals surface area contributed by atoms with Crippen molar-refractivity contribution in [3.63, 3.8) is 0 Å². The third-order valence-electron chi connectivity index (χ3n) is 2.84. The molecule has 0 aliphatic heterocycles. The third-order valence-corrected chi connectivity index (χ3v) is 3.36. The molecule has 4 heteroatoms. The van der Waals surface area contributed by atoms with Crippen LogP contribution in [0.5, 0.6) is 0 Å². The van der Waals surface area contributed by atoms with Crippen molar-refractivity contribution in [2.45, 2.75) is 26.7 Å². The number of furan rings is 1. The van der Waals surface area contributed by atoms with Crippen molar-refractivity contribution in [3.8, 4) is 0 Å². The quantitative estimate of drug-likeness (QED) is 0.878. The molecule has 0 saturated carbocycles. The van der Waals surface area contributed by atoms with Gasteiger partial charge in [0.2, 0.25) is 0 Å². The molecule has 0 saturated heterocycles. The Morgan fingerprint density at radius 3 is 2.63 bits per heavy atom. The van der Waals surface area contributed by atoms with Crippen LogP contribution in [0.1, 0.15) is 22.6 Å². The number of halogens is 1. The minimum atomic E-state index is 0.501. The van der Waals surface area contributed by atoms with Crippen LogP contribution in [-0.4, -0.2) is 7.05 Å². The van der Waals surface area contributed by atoms with Gasteiger partial charge in [-0.1, -0.05) is 28.1 Å². The maximum atomic E-state index is 5.72. The van der Waals surface area contributed by atoms with Crippen molar-refractivity contribution in [3.05, 3.63) is 57.5 Å². The first kappa shape index (κ1) is 14.3. The SMILES string of the molecule is CNCc1oc(COCc2ccc(Br)cc2)cc1C. The zero-order chi connectivity index (χ0) is 13.7. The highest BCUT2D eigenvalue weighted by Gasteiger charge is 2.06. The number of nitrogens with one attached hydrogen (secondary N) is 1. The molecule has 0 amide bonds. The van der Waals surface area contributed by atoms with E-state index in [-0.39, 0.29) is 0 Å². The highest BCUT2D eigenvalue weighted by Crippen LogP contribution is 2.16. The largest absolute Gasteiger partial charge is 0.462 e. The molecule has 19 heavy (non-hydrogen) atoms. The monoisotopic (exact) mass is 323 g/mol. The molecule has 1 aromatic carbocycles. The van der Waals surface area contributed by atoms with E-state index in [1.165, 1.54) is 0 Å². The van der Waals surface area contributed by atoms with Gasteiger partial charge in [-0.25, -0.2) is 0 Å². The topological polar surface area (TPSA) is 34.4 Å². The summed E-state index contributed by atoms with van der Waals surface area (Å²) in [5.74, 6) is 1.85. The molecule has 0 aliphatic carbocycles. The average molecular weight is 324 g/mol. The van der Waals surface area contributed by atoms with Gasteiger partial charge in [-0.15, -0.1) is 0 Å². The molecule has 2 aromatic rings. The highest BCUT2D eigenvalue weighted by molar-refractivity contribution is 9.10. The summed E-state index contributed by atoms with van der Waals surface area (Å²) in [5, 5.41) is 3.09. The van der Waals surface area contributed by atoms with Gasteiger partial charge in [-0.3, -0.25) is 0 Å². The van der Waals surface area contributed by atoms with E-state index in [1.807, 2.05) is 44.3 Å². The molecule has 3 nitrogen and oxygen atoms in total. The van der Waals surface area contributed by atoms with Crippen molar-refractivity contribution in [2.75, 3.05) is 7.05 Å². The average Bonchev–Trinajstić information content (AvgIpc) is 2.73. The van der Waals surface area contributed by atoms with Gasteiger partial charge in [0.15, 0.2) is 0 Å². The molecule has 0 radical (unpaired) electrons. The van der Waals surface area contributed by atoms with Crippen LogP contribution in [0.2, 0.25) is 0 Å². The summed E-state index contributed by atoms with van der Waals surface area (Å²) >= 11 is 3.41. The Balaban J connectivity index is 1.85. The minimum absolute atomic E-state index is 0.501. The van der Waals surface area contributed by atoms with Gasteiger partial charge in [0.05, 0.1) is 13.2 Å². The van der Waals surface area contributed by atoms with Crippen LogP contribution in [0.15, 0.2) is 39.2 Å². The molecule has 2 rings (SSSR count). The lowest BCUT2D eigenvalue weighted by atomic mass is 10.2. The van der Waals surface area contributed by atoms with Crippen LogP contribution >= 0.6 is 15.9 Å². The Morgan fingerprint density at radius 2 is 1.95 bits per heavy atom.